The lowest BCUT2D eigenvalue weighted by atomic mass is 9.83. The van der Waals surface area contributed by atoms with Crippen LogP contribution in [0.1, 0.15) is 49.9 Å². The van der Waals surface area contributed by atoms with Crippen LogP contribution in [0.4, 0.5) is 17.3 Å². The van der Waals surface area contributed by atoms with Crippen molar-refractivity contribution in [2.45, 2.75) is 58.2 Å². The molecule has 7 nitrogen and oxygen atoms in total. The minimum Gasteiger partial charge on any atom is -0.416 e. The molecule has 0 radical (unpaired) electrons. The van der Waals surface area contributed by atoms with E-state index in [-0.39, 0.29) is 10.5 Å². The Morgan fingerprint density at radius 2 is 1.89 bits per heavy atom. The zero-order chi connectivity index (χ0) is 27.0. The molecule has 1 atom stereocenters. The highest BCUT2D eigenvalue weighted by molar-refractivity contribution is 6.74. The van der Waals surface area contributed by atoms with E-state index < -0.39 is 8.32 Å². The summed E-state index contributed by atoms with van der Waals surface area (Å²) < 4.78 is 6.63. The lowest BCUT2D eigenvalue weighted by Gasteiger charge is -2.39. The molecule has 37 heavy (non-hydrogen) atoms. The van der Waals surface area contributed by atoms with Gasteiger partial charge in [-0.1, -0.05) is 33.8 Å². The Morgan fingerprint density at radius 3 is 2.57 bits per heavy atom. The summed E-state index contributed by atoms with van der Waals surface area (Å²) in [5, 5.41) is 26.0. The number of nitrogens with zero attached hydrogens (tertiary/aromatic N) is 4. The van der Waals surface area contributed by atoms with Gasteiger partial charge < -0.3 is 15.1 Å². The van der Waals surface area contributed by atoms with Crippen LogP contribution < -0.4 is 10.6 Å². The van der Waals surface area contributed by atoms with Gasteiger partial charge in [0.25, 0.3) is 0 Å². The average molecular weight is 511 g/mol. The first kappa shape index (κ1) is 26.3. The van der Waals surface area contributed by atoms with E-state index in [1.807, 2.05) is 25.1 Å². The number of hydrogen-bond donors (Lipinski definition) is 2. The molecule has 3 aromatic rings. The molecule has 0 bridgehead atoms. The molecule has 2 heterocycles. The van der Waals surface area contributed by atoms with Crippen LogP contribution >= 0.6 is 0 Å². The first-order chi connectivity index (χ1) is 17.4. The Bertz CT molecular complexity index is 1430. The van der Waals surface area contributed by atoms with Crippen LogP contribution in [-0.4, -0.2) is 31.4 Å². The fourth-order valence-electron chi connectivity index (χ4n) is 4.13. The summed E-state index contributed by atoms with van der Waals surface area (Å²) in [7, 11) is -1.94. The van der Waals surface area contributed by atoms with Crippen LogP contribution in [0.25, 0.3) is 11.3 Å². The number of rotatable bonds is 6. The number of aryl methyl sites for hydroxylation is 1. The standard InChI is InChI=1S/C29H34N6OSi/c1-19-8-9-20(15-30)12-25(19)35-27-32-11-10-24(34-27)21-13-22(16-31)26-23(14-21)29(5,17-33-26)18-36-37(6,7)28(2,3)4/h8-14,33H,17-18H2,1-7H3,(H,32,34,35). The van der Waals surface area contributed by atoms with E-state index in [4.69, 9.17) is 9.41 Å². The van der Waals surface area contributed by atoms with Crippen LogP contribution in [0.5, 0.6) is 0 Å². The Morgan fingerprint density at radius 1 is 1.14 bits per heavy atom. The van der Waals surface area contributed by atoms with Gasteiger partial charge in [-0.2, -0.15) is 10.5 Å². The Hall–Kier alpha value is -3.72. The largest absolute Gasteiger partial charge is 0.416 e. The highest BCUT2D eigenvalue weighted by Crippen LogP contribution is 2.44. The van der Waals surface area contributed by atoms with Gasteiger partial charge in [0.2, 0.25) is 5.95 Å². The fourth-order valence-corrected chi connectivity index (χ4v) is 5.25. The van der Waals surface area contributed by atoms with Crippen molar-refractivity contribution in [3.63, 3.8) is 0 Å². The number of anilines is 3. The topological polar surface area (TPSA) is 107 Å². The molecular weight excluding hydrogens is 476 g/mol. The highest BCUT2D eigenvalue weighted by atomic mass is 28.4. The monoisotopic (exact) mass is 510 g/mol. The van der Waals surface area contributed by atoms with Gasteiger partial charge in [0, 0.05) is 36.0 Å². The van der Waals surface area contributed by atoms with Crippen molar-refractivity contribution >= 4 is 25.6 Å². The molecule has 2 aromatic carbocycles. The molecule has 0 fully saturated rings. The molecule has 1 aromatic heterocycles. The molecule has 1 unspecified atom stereocenters. The molecule has 0 saturated heterocycles. The van der Waals surface area contributed by atoms with Crippen molar-refractivity contribution in [3.8, 4) is 23.4 Å². The van der Waals surface area contributed by atoms with E-state index in [1.54, 1.807) is 18.3 Å². The maximum Gasteiger partial charge on any atom is 0.227 e. The molecule has 2 N–H and O–H groups in total. The van der Waals surface area contributed by atoms with Crippen molar-refractivity contribution in [2.75, 3.05) is 23.8 Å². The van der Waals surface area contributed by atoms with Gasteiger partial charge in [-0.15, -0.1) is 0 Å². The molecule has 190 valence electrons. The molecule has 4 rings (SSSR count). The highest BCUT2D eigenvalue weighted by Gasteiger charge is 2.42. The van der Waals surface area contributed by atoms with Crippen molar-refractivity contribution < 1.29 is 4.43 Å². The molecule has 0 amide bonds. The van der Waals surface area contributed by atoms with Crippen molar-refractivity contribution in [1.29, 1.82) is 10.5 Å². The molecule has 1 aliphatic heterocycles. The van der Waals surface area contributed by atoms with E-state index in [0.29, 0.717) is 35.9 Å². The Kier molecular flexibility index (Phi) is 6.85. The predicted octanol–water partition coefficient (Wildman–Crippen LogP) is 6.64. The van der Waals surface area contributed by atoms with E-state index in [2.05, 4.69) is 74.6 Å². The molecule has 8 heteroatoms. The van der Waals surface area contributed by atoms with E-state index in [9.17, 15) is 10.5 Å². The number of nitriles is 2. The maximum absolute atomic E-state index is 9.95. The SMILES string of the molecule is Cc1ccc(C#N)cc1Nc1nccc(-c2cc(C#N)c3c(c2)C(C)(CO[Si](C)(C)C(C)(C)C)CN3)n1. The van der Waals surface area contributed by atoms with E-state index in [0.717, 1.165) is 28.1 Å². The van der Waals surface area contributed by atoms with Crippen molar-refractivity contribution in [3.05, 3.63) is 64.8 Å². The number of hydrogen-bond acceptors (Lipinski definition) is 7. The third-order valence-corrected chi connectivity index (χ3v) is 12.2. The number of benzene rings is 2. The summed E-state index contributed by atoms with van der Waals surface area (Å²) in [4.78, 5) is 9.12. The Balaban J connectivity index is 1.68. The molecule has 0 saturated carbocycles. The first-order valence-corrected chi connectivity index (χ1v) is 15.4. The second-order valence-corrected chi connectivity index (χ2v) is 16.4. The van der Waals surface area contributed by atoms with Gasteiger partial charge in [-0.3, -0.25) is 0 Å². The van der Waals surface area contributed by atoms with Gasteiger partial charge in [-0.05, 0) is 66.5 Å². The summed E-state index contributed by atoms with van der Waals surface area (Å²) in [6, 6.07) is 15.8. The zero-order valence-electron chi connectivity index (χ0n) is 22.7. The summed E-state index contributed by atoms with van der Waals surface area (Å²) >= 11 is 0. The first-order valence-electron chi connectivity index (χ1n) is 12.4. The predicted molar refractivity (Wildman–Crippen MR) is 150 cm³/mol. The third kappa shape index (κ3) is 5.22. The minimum atomic E-state index is -1.94. The lowest BCUT2D eigenvalue weighted by molar-refractivity contribution is 0.220. The van der Waals surface area contributed by atoms with Crippen LogP contribution in [0.15, 0.2) is 42.6 Å². The van der Waals surface area contributed by atoms with Crippen molar-refractivity contribution in [1.82, 2.24) is 9.97 Å². The summed E-state index contributed by atoms with van der Waals surface area (Å²) in [6.45, 7) is 16.7. The van der Waals surface area contributed by atoms with Gasteiger partial charge in [0.1, 0.15) is 6.07 Å². The third-order valence-electron chi connectivity index (χ3n) is 7.69. The summed E-state index contributed by atoms with van der Waals surface area (Å²) in [5.41, 5.74) is 6.17. The van der Waals surface area contributed by atoms with Gasteiger partial charge in [-0.25, -0.2) is 9.97 Å². The van der Waals surface area contributed by atoms with Crippen molar-refractivity contribution in [2.24, 2.45) is 0 Å². The van der Waals surface area contributed by atoms with Crippen LogP contribution in [-0.2, 0) is 9.84 Å². The lowest BCUT2D eigenvalue weighted by Crippen LogP contribution is -2.45. The number of nitrogens with one attached hydrogen (secondary N) is 2. The van der Waals surface area contributed by atoms with E-state index in [1.165, 1.54) is 0 Å². The molecule has 1 aliphatic rings. The van der Waals surface area contributed by atoms with E-state index >= 15 is 0 Å². The van der Waals surface area contributed by atoms with Gasteiger partial charge in [0.05, 0.1) is 28.6 Å². The quantitative estimate of drug-likeness (QED) is 0.358. The summed E-state index contributed by atoms with van der Waals surface area (Å²) in [5.74, 6) is 0.428. The summed E-state index contributed by atoms with van der Waals surface area (Å²) in [6.07, 6.45) is 1.70. The Labute approximate surface area is 220 Å². The normalized spacial score (nSPS) is 16.9. The average Bonchev–Trinajstić information content (AvgIpc) is 3.20. The van der Waals surface area contributed by atoms with Crippen LogP contribution in [0, 0.1) is 29.6 Å². The fraction of sp³-hybridized carbons (Fsp3) is 0.379. The van der Waals surface area contributed by atoms with Crippen LogP contribution in [0.3, 0.4) is 0 Å². The molecular formula is C29H34N6OSi. The number of aromatic nitrogens is 2. The van der Waals surface area contributed by atoms with Gasteiger partial charge in [0.15, 0.2) is 8.32 Å². The van der Waals surface area contributed by atoms with Crippen LogP contribution in [0.2, 0.25) is 18.1 Å². The molecule has 0 spiro atoms. The smallest absolute Gasteiger partial charge is 0.227 e. The number of fused-ring (bicyclic) bond motifs is 1. The zero-order valence-corrected chi connectivity index (χ0v) is 23.7. The molecule has 0 aliphatic carbocycles. The second kappa shape index (κ2) is 9.62. The van der Waals surface area contributed by atoms with Gasteiger partial charge >= 0.3 is 0 Å². The maximum atomic E-state index is 9.95. The second-order valence-electron chi connectivity index (χ2n) is 11.6. The minimum absolute atomic E-state index is 0.118.